The average Bonchev–Trinajstić information content (AvgIpc) is 3.32. The van der Waals surface area contributed by atoms with E-state index in [9.17, 15) is 26.3 Å². The fourth-order valence-corrected chi connectivity index (χ4v) is 11.0. The van der Waals surface area contributed by atoms with Gasteiger partial charge in [0.1, 0.15) is 8.07 Å². The Hall–Kier alpha value is -4.12. The highest BCUT2D eigenvalue weighted by Gasteiger charge is 2.52. The smallest absolute Gasteiger partial charge is 0.200 e. The van der Waals surface area contributed by atoms with Gasteiger partial charge in [0, 0.05) is 0 Å². The predicted octanol–water partition coefficient (Wildman–Crippen LogP) is 10.2. The van der Waals surface area contributed by atoms with Crippen LogP contribution >= 0.6 is 0 Å². The maximum absolute atomic E-state index is 15.7. The normalized spacial score (nSPS) is 14.7. The highest BCUT2D eigenvalue weighted by atomic mass is 28.3. The van der Waals surface area contributed by atoms with Crippen molar-refractivity contribution in [3.05, 3.63) is 141 Å². The lowest BCUT2D eigenvalue weighted by molar-refractivity contribution is 0.376. The molecule has 1 aliphatic heterocycles. The number of rotatable bonds is 6. The zero-order valence-corrected chi connectivity index (χ0v) is 23.5. The lowest BCUT2D eigenvalue weighted by Crippen LogP contribution is -2.37. The van der Waals surface area contributed by atoms with E-state index in [1.807, 2.05) is 0 Å². The van der Waals surface area contributed by atoms with E-state index in [1.165, 1.54) is 62.4 Å². The molecular formula is C32H20F10Si. The molecule has 1 aliphatic rings. The molecule has 43 heavy (non-hydrogen) atoms. The van der Waals surface area contributed by atoms with Gasteiger partial charge in [0.25, 0.3) is 0 Å². The summed E-state index contributed by atoms with van der Waals surface area (Å²) in [7, 11) is -4.18. The molecule has 0 amide bonds. The Morgan fingerprint density at radius 2 is 0.651 bits per heavy atom. The summed E-state index contributed by atoms with van der Waals surface area (Å²) in [5, 5.41) is -0.816. The highest BCUT2D eigenvalue weighted by Crippen LogP contribution is 2.59. The Kier molecular flexibility index (Phi) is 7.89. The molecule has 0 N–H and O–H groups in total. The third kappa shape index (κ3) is 4.35. The third-order valence-corrected chi connectivity index (χ3v) is 13.3. The van der Waals surface area contributed by atoms with Crippen LogP contribution in [0, 0.1) is 58.2 Å². The van der Waals surface area contributed by atoms with Gasteiger partial charge in [-0.25, -0.2) is 43.9 Å². The molecule has 222 valence electrons. The molecule has 0 aromatic heterocycles. The zero-order chi connectivity index (χ0) is 31.4. The van der Waals surface area contributed by atoms with E-state index in [1.54, 1.807) is 12.1 Å². The van der Waals surface area contributed by atoms with Gasteiger partial charge in [0.05, 0.1) is 11.1 Å². The first-order valence-electron chi connectivity index (χ1n) is 13.1. The van der Waals surface area contributed by atoms with Crippen molar-refractivity contribution in [3.63, 3.8) is 0 Å². The molecule has 1 heterocycles. The molecule has 0 fully saturated rings. The SMILES string of the molecule is CC[Si]1(CC)C(c2c(F)c(F)c(F)c(F)c2F)=C(c2ccccc2)C(c2ccccc2)=C1c1c(F)c(F)c(F)c(F)c1F. The first-order chi connectivity index (χ1) is 20.4. The molecule has 0 saturated heterocycles. The monoisotopic (exact) mass is 622 g/mol. The van der Waals surface area contributed by atoms with Crippen LogP contribution < -0.4 is 0 Å². The Morgan fingerprint density at radius 1 is 0.395 bits per heavy atom. The minimum atomic E-state index is -4.18. The lowest BCUT2D eigenvalue weighted by Gasteiger charge is -2.33. The fourth-order valence-electron chi connectivity index (χ4n) is 5.97. The second-order valence-corrected chi connectivity index (χ2v) is 14.5. The molecule has 4 aromatic rings. The molecule has 4 aromatic carbocycles. The molecule has 0 atom stereocenters. The fraction of sp³-hybridized carbons (Fsp3) is 0.125. The first kappa shape index (κ1) is 30.3. The second-order valence-electron chi connectivity index (χ2n) is 9.91. The number of hydrogen-bond acceptors (Lipinski definition) is 0. The summed E-state index contributed by atoms with van der Waals surface area (Å²) in [5.41, 5.74) is -2.56. The minimum absolute atomic E-state index is 0.135. The van der Waals surface area contributed by atoms with Gasteiger partial charge in [-0.05, 0) is 32.7 Å². The van der Waals surface area contributed by atoms with Crippen LogP contribution in [0.15, 0.2) is 60.7 Å². The van der Waals surface area contributed by atoms with Crippen molar-refractivity contribution in [2.75, 3.05) is 0 Å². The quantitative estimate of drug-likeness (QED) is 0.0869. The van der Waals surface area contributed by atoms with Crippen LogP contribution in [0.3, 0.4) is 0 Å². The topological polar surface area (TPSA) is 0 Å². The van der Waals surface area contributed by atoms with Gasteiger partial charge in [0.2, 0.25) is 11.6 Å². The van der Waals surface area contributed by atoms with Crippen molar-refractivity contribution in [3.8, 4) is 0 Å². The van der Waals surface area contributed by atoms with Crippen LogP contribution in [0.4, 0.5) is 43.9 Å². The minimum Gasteiger partial charge on any atom is -0.203 e. The third-order valence-electron chi connectivity index (χ3n) is 7.96. The second kappa shape index (κ2) is 11.2. The van der Waals surface area contributed by atoms with E-state index in [0.717, 1.165) is 0 Å². The Morgan fingerprint density at radius 3 is 0.907 bits per heavy atom. The van der Waals surface area contributed by atoms with Crippen LogP contribution in [0.1, 0.15) is 36.1 Å². The van der Waals surface area contributed by atoms with E-state index in [4.69, 9.17) is 0 Å². The average molecular weight is 623 g/mol. The molecule has 0 saturated carbocycles. The van der Waals surface area contributed by atoms with E-state index >= 15 is 17.6 Å². The summed E-state index contributed by atoms with van der Waals surface area (Å²) in [6.07, 6.45) is 0. The molecular weight excluding hydrogens is 602 g/mol. The number of halogens is 10. The van der Waals surface area contributed by atoms with Crippen LogP contribution in [0.25, 0.3) is 21.5 Å². The largest absolute Gasteiger partial charge is 0.203 e. The van der Waals surface area contributed by atoms with Crippen molar-refractivity contribution in [2.24, 2.45) is 0 Å². The maximum atomic E-state index is 15.7. The van der Waals surface area contributed by atoms with E-state index in [-0.39, 0.29) is 34.4 Å². The van der Waals surface area contributed by atoms with Crippen molar-refractivity contribution in [1.82, 2.24) is 0 Å². The van der Waals surface area contributed by atoms with E-state index in [0.29, 0.717) is 0 Å². The zero-order valence-electron chi connectivity index (χ0n) is 22.5. The summed E-state index contributed by atoms with van der Waals surface area (Å²) in [5.74, 6) is -22.5. The molecule has 0 radical (unpaired) electrons. The number of benzene rings is 4. The van der Waals surface area contributed by atoms with Gasteiger partial charge in [0.15, 0.2) is 46.5 Å². The summed E-state index contributed by atoms with van der Waals surface area (Å²) >= 11 is 0. The molecule has 11 heteroatoms. The molecule has 0 bridgehead atoms. The lowest BCUT2D eigenvalue weighted by atomic mass is 9.89. The molecule has 0 nitrogen and oxygen atoms in total. The van der Waals surface area contributed by atoms with Gasteiger partial charge in [-0.15, -0.1) is 0 Å². The first-order valence-corrected chi connectivity index (χ1v) is 15.5. The van der Waals surface area contributed by atoms with Crippen molar-refractivity contribution < 1.29 is 43.9 Å². The molecule has 0 aliphatic carbocycles. The van der Waals surface area contributed by atoms with Gasteiger partial charge in [-0.1, -0.05) is 86.6 Å². The van der Waals surface area contributed by atoms with Crippen LogP contribution in [0.5, 0.6) is 0 Å². The Balaban J connectivity index is 2.12. The van der Waals surface area contributed by atoms with Crippen LogP contribution in [0.2, 0.25) is 12.1 Å². The van der Waals surface area contributed by atoms with E-state index < -0.39 is 87.8 Å². The summed E-state index contributed by atoms with van der Waals surface area (Å²) in [6, 6.07) is 14.7. The summed E-state index contributed by atoms with van der Waals surface area (Å²) in [4.78, 5) is 0. The Labute approximate surface area is 240 Å². The van der Waals surface area contributed by atoms with Gasteiger partial charge >= 0.3 is 0 Å². The highest BCUT2D eigenvalue weighted by molar-refractivity contribution is 7.14. The van der Waals surface area contributed by atoms with E-state index in [2.05, 4.69) is 0 Å². The van der Waals surface area contributed by atoms with Crippen molar-refractivity contribution in [2.45, 2.75) is 25.9 Å². The molecule has 0 unspecified atom stereocenters. The van der Waals surface area contributed by atoms with Crippen LogP contribution in [-0.2, 0) is 0 Å². The van der Waals surface area contributed by atoms with Crippen molar-refractivity contribution in [1.29, 1.82) is 0 Å². The van der Waals surface area contributed by atoms with Gasteiger partial charge in [-0.2, -0.15) is 0 Å². The van der Waals surface area contributed by atoms with Crippen molar-refractivity contribution >= 4 is 29.6 Å². The molecule has 0 spiro atoms. The summed E-state index contributed by atoms with van der Waals surface area (Å²) in [6.45, 7) is 2.95. The molecule has 5 rings (SSSR count). The number of hydrogen-bond donors (Lipinski definition) is 0. The Bertz CT molecular complexity index is 1640. The van der Waals surface area contributed by atoms with Crippen LogP contribution in [-0.4, -0.2) is 8.07 Å². The standard InChI is InChI=1S/C32H20F10Si/c1-3-43(4-2)31(19-21(33)25(37)29(41)26(38)22(19)34)17(15-11-7-5-8-12-15)18(16-13-9-6-10-14-16)32(43)20-23(35)27(39)30(42)28(40)24(20)36/h5-14H,3-4H2,1-2H3. The van der Waals surface area contributed by atoms with Gasteiger partial charge < -0.3 is 0 Å². The van der Waals surface area contributed by atoms with Gasteiger partial charge in [-0.3, -0.25) is 0 Å². The predicted molar refractivity (Wildman–Crippen MR) is 146 cm³/mol. The number of allylic oxidation sites excluding steroid dienone is 2. The summed E-state index contributed by atoms with van der Waals surface area (Å²) < 4.78 is 150. The maximum Gasteiger partial charge on any atom is 0.200 e.